The third kappa shape index (κ3) is 6.85. The highest BCUT2D eigenvalue weighted by atomic mass is 35.5. The summed E-state index contributed by atoms with van der Waals surface area (Å²) in [5, 5.41) is 16.9. The van der Waals surface area contributed by atoms with Gasteiger partial charge in [0.05, 0.1) is 18.9 Å². The van der Waals surface area contributed by atoms with E-state index in [1.165, 1.54) is 0 Å². The Morgan fingerprint density at radius 1 is 1.10 bits per heavy atom. The lowest BCUT2D eigenvalue weighted by molar-refractivity contribution is 0.276. The first-order chi connectivity index (χ1) is 15.2. The maximum atomic E-state index is 6.46. The average molecular weight is 462 g/mol. The minimum Gasteiger partial charge on any atom is -0.490 e. The number of aromatic nitrogens is 4. The molecular weight excluding hydrogens is 434 g/mol. The molecule has 0 spiro atoms. The quantitative estimate of drug-likeness (QED) is 0.290. The first-order valence-electron chi connectivity index (χ1n) is 10.5. The molecule has 3 aromatic rings. The van der Waals surface area contributed by atoms with Gasteiger partial charge in [-0.15, -0.1) is 5.10 Å². The summed E-state index contributed by atoms with van der Waals surface area (Å²) in [5.74, 6) is 2.34. The minimum absolute atomic E-state index is 0.580. The number of ether oxygens (including phenoxy) is 2. The second kappa shape index (κ2) is 12.5. The van der Waals surface area contributed by atoms with Gasteiger partial charge in [-0.1, -0.05) is 48.5 Å². The lowest BCUT2D eigenvalue weighted by Gasteiger charge is -2.15. The summed E-state index contributed by atoms with van der Waals surface area (Å²) in [5.41, 5.74) is 1.95. The number of tetrazole rings is 1. The van der Waals surface area contributed by atoms with Crippen LogP contribution in [0.5, 0.6) is 11.5 Å². The van der Waals surface area contributed by atoms with Crippen LogP contribution in [0, 0.1) is 0 Å². The summed E-state index contributed by atoms with van der Waals surface area (Å²) in [4.78, 5) is 0. The van der Waals surface area contributed by atoms with E-state index in [0.717, 1.165) is 47.3 Å². The SMILES string of the molecule is CCCOc1cc(Cl)c(CNCCCSc2nnnn2-c2ccccc2)cc1OCC. The Balaban J connectivity index is 1.46. The van der Waals surface area contributed by atoms with Crippen molar-refractivity contribution in [3.05, 3.63) is 53.1 Å². The molecule has 0 unspecified atom stereocenters. The number of thioether (sulfide) groups is 1. The molecule has 9 heteroatoms. The molecule has 3 rings (SSSR count). The van der Waals surface area contributed by atoms with Gasteiger partial charge in [-0.3, -0.25) is 0 Å². The Kier molecular flexibility index (Phi) is 9.45. The van der Waals surface area contributed by atoms with Crippen LogP contribution in [0.1, 0.15) is 32.3 Å². The van der Waals surface area contributed by atoms with Crippen LogP contribution in [0.25, 0.3) is 5.69 Å². The second-order valence-corrected chi connectivity index (χ2v) is 8.23. The summed E-state index contributed by atoms with van der Waals surface area (Å²) in [7, 11) is 0. The molecule has 0 saturated carbocycles. The zero-order valence-electron chi connectivity index (χ0n) is 17.9. The van der Waals surface area contributed by atoms with Crippen molar-refractivity contribution >= 4 is 23.4 Å². The van der Waals surface area contributed by atoms with Crippen LogP contribution in [0.3, 0.4) is 0 Å². The van der Waals surface area contributed by atoms with Crippen molar-refractivity contribution in [1.29, 1.82) is 0 Å². The minimum atomic E-state index is 0.580. The summed E-state index contributed by atoms with van der Waals surface area (Å²) < 4.78 is 13.2. The Morgan fingerprint density at radius 3 is 2.68 bits per heavy atom. The van der Waals surface area contributed by atoms with Crippen LogP contribution in [0.2, 0.25) is 5.02 Å². The Hall–Kier alpha value is -2.29. The van der Waals surface area contributed by atoms with E-state index < -0.39 is 0 Å². The monoisotopic (exact) mass is 461 g/mol. The third-order valence-electron chi connectivity index (χ3n) is 4.36. The molecule has 1 N–H and O–H groups in total. The Labute approximate surface area is 192 Å². The third-order valence-corrected chi connectivity index (χ3v) is 5.72. The first kappa shape index (κ1) is 23.4. The van der Waals surface area contributed by atoms with Gasteiger partial charge in [0.1, 0.15) is 0 Å². The van der Waals surface area contributed by atoms with Crippen molar-refractivity contribution in [3.63, 3.8) is 0 Å². The van der Waals surface area contributed by atoms with Crippen molar-refractivity contribution in [1.82, 2.24) is 25.5 Å². The van der Waals surface area contributed by atoms with E-state index >= 15 is 0 Å². The zero-order chi connectivity index (χ0) is 21.9. The highest BCUT2D eigenvalue weighted by Gasteiger charge is 2.11. The van der Waals surface area contributed by atoms with E-state index in [9.17, 15) is 0 Å². The number of halogens is 1. The average Bonchev–Trinajstić information content (AvgIpc) is 3.26. The zero-order valence-corrected chi connectivity index (χ0v) is 19.5. The predicted molar refractivity (Wildman–Crippen MR) is 125 cm³/mol. The molecular formula is C22H28ClN5O2S. The van der Waals surface area contributed by atoms with E-state index in [2.05, 4.69) is 27.8 Å². The molecule has 2 aromatic carbocycles. The van der Waals surface area contributed by atoms with Gasteiger partial charge in [-0.05, 0) is 60.5 Å². The number of benzene rings is 2. The van der Waals surface area contributed by atoms with E-state index in [1.807, 2.05) is 49.4 Å². The van der Waals surface area contributed by atoms with Gasteiger partial charge in [-0.25, -0.2) is 0 Å². The van der Waals surface area contributed by atoms with E-state index in [4.69, 9.17) is 21.1 Å². The molecule has 7 nitrogen and oxygen atoms in total. The number of rotatable bonds is 13. The standard InChI is InChI=1S/C22H28ClN5O2S/c1-3-12-30-21-15-19(23)17(14-20(21)29-4-2)16-24-11-8-13-31-22-25-26-27-28(22)18-9-6-5-7-10-18/h5-7,9-10,14-15,24H,3-4,8,11-13,16H2,1-2H3. The van der Waals surface area contributed by atoms with Crippen LogP contribution in [0.15, 0.2) is 47.6 Å². The van der Waals surface area contributed by atoms with Gasteiger partial charge in [0.2, 0.25) is 5.16 Å². The van der Waals surface area contributed by atoms with Crippen LogP contribution in [-0.2, 0) is 6.54 Å². The highest BCUT2D eigenvalue weighted by molar-refractivity contribution is 7.99. The van der Waals surface area contributed by atoms with Gasteiger partial charge in [0.25, 0.3) is 0 Å². The molecule has 0 saturated heterocycles. The van der Waals surface area contributed by atoms with E-state index in [1.54, 1.807) is 16.4 Å². The molecule has 0 radical (unpaired) electrons. The fourth-order valence-electron chi connectivity index (χ4n) is 2.89. The number of hydrogen-bond donors (Lipinski definition) is 1. The van der Waals surface area contributed by atoms with Crippen molar-refractivity contribution in [3.8, 4) is 17.2 Å². The molecule has 0 aliphatic carbocycles. The Morgan fingerprint density at radius 2 is 1.90 bits per heavy atom. The van der Waals surface area contributed by atoms with Crippen LogP contribution in [0.4, 0.5) is 0 Å². The van der Waals surface area contributed by atoms with Crippen molar-refractivity contribution in [2.24, 2.45) is 0 Å². The fourth-order valence-corrected chi connectivity index (χ4v) is 3.94. The maximum Gasteiger partial charge on any atom is 0.214 e. The molecule has 0 aliphatic heterocycles. The van der Waals surface area contributed by atoms with Crippen molar-refractivity contribution in [2.45, 2.75) is 38.4 Å². The number of nitrogens with zero attached hydrogens (tertiary/aromatic N) is 4. The molecule has 0 aliphatic rings. The summed E-state index contributed by atoms with van der Waals surface area (Å²) in [6.45, 7) is 6.77. The molecule has 0 fully saturated rings. The van der Waals surface area contributed by atoms with Crippen molar-refractivity contribution in [2.75, 3.05) is 25.5 Å². The molecule has 31 heavy (non-hydrogen) atoms. The van der Waals surface area contributed by atoms with Gasteiger partial charge in [-0.2, -0.15) is 4.68 Å². The normalized spacial score (nSPS) is 10.9. The summed E-state index contributed by atoms with van der Waals surface area (Å²) in [6, 6.07) is 13.7. The topological polar surface area (TPSA) is 74.1 Å². The number of nitrogens with one attached hydrogen (secondary N) is 1. The van der Waals surface area contributed by atoms with E-state index in [-0.39, 0.29) is 0 Å². The molecule has 0 atom stereocenters. The van der Waals surface area contributed by atoms with Crippen molar-refractivity contribution < 1.29 is 9.47 Å². The van der Waals surface area contributed by atoms with Gasteiger partial charge >= 0.3 is 0 Å². The molecule has 1 heterocycles. The summed E-state index contributed by atoms with van der Waals surface area (Å²) >= 11 is 8.10. The van der Waals surface area contributed by atoms with Gasteiger partial charge in [0.15, 0.2) is 11.5 Å². The van der Waals surface area contributed by atoms with Crippen LogP contribution >= 0.6 is 23.4 Å². The molecule has 0 bridgehead atoms. The predicted octanol–water partition coefficient (Wildman–Crippen LogP) is 4.78. The Bertz CT molecular complexity index is 939. The fraction of sp³-hybridized carbons (Fsp3) is 0.409. The summed E-state index contributed by atoms with van der Waals surface area (Å²) in [6.07, 6.45) is 1.90. The molecule has 166 valence electrons. The van der Waals surface area contributed by atoms with Crippen LogP contribution < -0.4 is 14.8 Å². The van der Waals surface area contributed by atoms with Crippen LogP contribution in [-0.4, -0.2) is 45.7 Å². The lowest BCUT2D eigenvalue weighted by Crippen LogP contribution is -2.16. The highest BCUT2D eigenvalue weighted by Crippen LogP contribution is 2.33. The smallest absolute Gasteiger partial charge is 0.214 e. The maximum absolute atomic E-state index is 6.46. The largest absolute Gasteiger partial charge is 0.490 e. The van der Waals surface area contributed by atoms with E-state index in [0.29, 0.717) is 30.5 Å². The van der Waals surface area contributed by atoms with Gasteiger partial charge in [0, 0.05) is 23.4 Å². The van der Waals surface area contributed by atoms with Gasteiger partial charge < -0.3 is 14.8 Å². The number of hydrogen-bond acceptors (Lipinski definition) is 7. The lowest BCUT2D eigenvalue weighted by atomic mass is 10.2. The first-order valence-corrected chi connectivity index (χ1v) is 11.8. The number of para-hydroxylation sites is 1. The molecule has 0 amide bonds. The second-order valence-electron chi connectivity index (χ2n) is 6.76. The molecule has 1 aromatic heterocycles.